The molecule has 0 bridgehead atoms. The van der Waals surface area contributed by atoms with Gasteiger partial charge in [0, 0.05) is 36.3 Å². The zero-order valence-corrected chi connectivity index (χ0v) is 15.0. The molecule has 0 aliphatic carbocycles. The van der Waals surface area contributed by atoms with Gasteiger partial charge in [-0.3, -0.25) is 9.78 Å². The SMILES string of the molecule is COc1ccc(C(=O)N2CCC[C@@H](c3cc4ccccc4cn3)C2)s1. The van der Waals surface area contributed by atoms with Crippen molar-refractivity contribution in [3.63, 3.8) is 0 Å². The molecule has 128 valence electrons. The van der Waals surface area contributed by atoms with Gasteiger partial charge in [-0.25, -0.2) is 0 Å². The van der Waals surface area contributed by atoms with Crippen LogP contribution < -0.4 is 4.74 Å². The first-order valence-electron chi connectivity index (χ1n) is 8.52. The first kappa shape index (κ1) is 16.1. The van der Waals surface area contributed by atoms with Gasteiger partial charge >= 0.3 is 0 Å². The van der Waals surface area contributed by atoms with E-state index < -0.39 is 0 Å². The van der Waals surface area contributed by atoms with Crippen LogP contribution in [-0.2, 0) is 0 Å². The van der Waals surface area contributed by atoms with Gasteiger partial charge < -0.3 is 9.64 Å². The number of amides is 1. The number of fused-ring (bicyclic) bond motifs is 1. The molecule has 4 rings (SSSR count). The van der Waals surface area contributed by atoms with Crippen LogP contribution in [0, 0.1) is 0 Å². The van der Waals surface area contributed by atoms with Crippen LogP contribution in [0.4, 0.5) is 0 Å². The van der Waals surface area contributed by atoms with Crippen LogP contribution in [-0.4, -0.2) is 36.0 Å². The summed E-state index contributed by atoms with van der Waals surface area (Å²) in [4.78, 5) is 20.1. The number of hydrogen-bond acceptors (Lipinski definition) is 4. The smallest absolute Gasteiger partial charge is 0.264 e. The maximum absolute atomic E-state index is 12.8. The van der Waals surface area contributed by atoms with E-state index in [2.05, 4.69) is 23.2 Å². The lowest BCUT2D eigenvalue weighted by Crippen LogP contribution is -2.39. The van der Waals surface area contributed by atoms with E-state index in [0.717, 1.165) is 47.0 Å². The van der Waals surface area contributed by atoms with Crippen molar-refractivity contribution in [1.82, 2.24) is 9.88 Å². The van der Waals surface area contributed by atoms with Gasteiger partial charge in [0.25, 0.3) is 5.91 Å². The molecular weight excluding hydrogens is 332 g/mol. The van der Waals surface area contributed by atoms with Crippen LogP contribution in [0.2, 0.25) is 0 Å². The topological polar surface area (TPSA) is 42.4 Å². The Morgan fingerprint density at radius 3 is 2.88 bits per heavy atom. The Hall–Kier alpha value is -2.40. The van der Waals surface area contributed by atoms with Crippen molar-refractivity contribution in [1.29, 1.82) is 0 Å². The summed E-state index contributed by atoms with van der Waals surface area (Å²) in [7, 11) is 1.63. The number of carbonyl (C=O) groups excluding carboxylic acids is 1. The maximum atomic E-state index is 12.8. The number of benzene rings is 1. The van der Waals surface area contributed by atoms with E-state index in [1.54, 1.807) is 7.11 Å². The van der Waals surface area contributed by atoms with E-state index >= 15 is 0 Å². The quantitative estimate of drug-likeness (QED) is 0.705. The van der Waals surface area contributed by atoms with Gasteiger partial charge in [-0.15, -0.1) is 0 Å². The molecule has 3 heterocycles. The van der Waals surface area contributed by atoms with Gasteiger partial charge in [-0.2, -0.15) is 0 Å². The molecule has 1 saturated heterocycles. The molecule has 3 aromatic rings. The standard InChI is InChI=1S/C20H20N2O2S/c1-24-19-9-8-18(25-19)20(23)22-10-4-7-16(13-22)17-11-14-5-2-3-6-15(14)12-21-17/h2-3,5-6,8-9,11-12,16H,4,7,10,13H2,1H3/t16-/m1/s1. The van der Waals surface area contributed by atoms with E-state index in [9.17, 15) is 4.79 Å². The van der Waals surface area contributed by atoms with Crippen molar-refractivity contribution in [2.24, 2.45) is 0 Å². The van der Waals surface area contributed by atoms with Gasteiger partial charge in [0.2, 0.25) is 0 Å². The minimum Gasteiger partial charge on any atom is -0.487 e. The Kier molecular flexibility index (Phi) is 4.40. The Morgan fingerprint density at radius 2 is 2.08 bits per heavy atom. The Labute approximate surface area is 151 Å². The highest BCUT2D eigenvalue weighted by Crippen LogP contribution is 2.30. The summed E-state index contributed by atoms with van der Waals surface area (Å²) in [5.74, 6) is 0.392. The molecule has 5 heteroatoms. The predicted octanol–water partition coefficient (Wildman–Crippen LogP) is 4.32. The van der Waals surface area contributed by atoms with E-state index in [1.807, 2.05) is 35.4 Å². The molecule has 2 aromatic heterocycles. The van der Waals surface area contributed by atoms with E-state index in [0.29, 0.717) is 5.92 Å². The zero-order valence-electron chi connectivity index (χ0n) is 14.1. The molecule has 1 aliphatic heterocycles. The van der Waals surface area contributed by atoms with Gasteiger partial charge in [0.15, 0.2) is 5.06 Å². The molecule has 1 atom stereocenters. The zero-order chi connectivity index (χ0) is 17.2. The van der Waals surface area contributed by atoms with Crippen molar-refractivity contribution in [3.05, 3.63) is 59.2 Å². The lowest BCUT2D eigenvalue weighted by molar-refractivity contribution is 0.0711. The molecule has 25 heavy (non-hydrogen) atoms. The number of piperidine rings is 1. The maximum Gasteiger partial charge on any atom is 0.264 e. The minimum atomic E-state index is 0.0961. The van der Waals surface area contributed by atoms with Crippen molar-refractivity contribution in [2.45, 2.75) is 18.8 Å². The highest BCUT2D eigenvalue weighted by atomic mass is 32.1. The number of rotatable bonds is 3. The summed E-state index contributed by atoms with van der Waals surface area (Å²) in [5.41, 5.74) is 1.08. The number of likely N-dealkylation sites (tertiary alicyclic amines) is 1. The number of hydrogen-bond donors (Lipinski definition) is 0. The van der Waals surface area contributed by atoms with Gasteiger partial charge in [-0.05, 0) is 36.4 Å². The van der Waals surface area contributed by atoms with Crippen molar-refractivity contribution in [3.8, 4) is 5.06 Å². The average Bonchev–Trinajstić information content (AvgIpc) is 3.16. The van der Waals surface area contributed by atoms with Gasteiger partial charge in [0.05, 0.1) is 12.0 Å². The third-order valence-electron chi connectivity index (χ3n) is 4.77. The molecule has 0 saturated carbocycles. The second kappa shape index (κ2) is 6.84. The number of thiophene rings is 1. The Balaban J connectivity index is 1.54. The largest absolute Gasteiger partial charge is 0.487 e. The molecule has 1 amide bonds. The third kappa shape index (κ3) is 3.24. The van der Waals surface area contributed by atoms with Crippen LogP contribution >= 0.6 is 11.3 Å². The summed E-state index contributed by atoms with van der Waals surface area (Å²) >= 11 is 1.40. The summed E-state index contributed by atoms with van der Waals surface area (Å²) in [5, 5.41) is 3.13. The Morgan fingerprint density at radius 1 is 1.24 bits per heavy atom. The van der Waals surface area contributed by atoms with E-state index in [1.165, 1.54) is 16.7 Å². The van der Waals surface area contributed by atoms with Crippen LogP contribution in [0.3, 0.4) is 0 Å². The fourth-order valence-corrected chi connectivity index (χ4v) is 4.22. The van der Waals surface area contributed by atoms with E-state index in [-0.39, 0.29) is 5.91 Å². The molecule has 1 aliphatic rings. The molecule has 0 N–H and O–H groups in total. The molecule has 0 spiro atoms. The van der Waals surface area contributed by atoms with Crippen LogP contribution in [0.25, 0.3) is 10.8 Å². The van der Waals surface area contributed by atoms with Gasteiger partial charge in [-0.1, -0.05) is 35.6 Å². The fourth-order valence-electron chi connectivity index (χ4n) is 3.43. The van der Waals surface area contributed by atoms with Crippen LogP contribution in [0.1, 0.15) is 34.1 Å². The second-order valence-electron chi connectivity index (χ2n) is 6.37. The molecule has 4 nitrogen and oxygen atoms in total. The minimum absolute atomic E-state index is 0.0961. The summed E-state index contributed by atoms with van der Waals surface area (Å²) in [6.07, 6.45) is 4.02. The Bertz CT molecular complexity index is 905. The highest BCUT2D eigenvalue weighted by molar-refractivity contribution is 7.15. The number of nitrogens with zero attached hydrogens (tertiary/aromatic N) is 2. The number of carbonyl (C=O) groups is 1. The molecular formula is C20H20N2O2S. The number of aromatic nitrogens is 1. The second-order valence-corrected chi connectivity index (χ2v) is 7.42. The summed E-state index contributed by atoms with van der Waals surface area (Å²) in [6.45, 7) is 1.54. The predicted molar refractivity (Wildman–Crippen MR) is 100 cm³/mol. The first-order chi connectivity index (χ1) is 12.2. The normalized spacial score (nSPS) is 17.6. The third-order valence-corrected chi connectivity index (χ3v) is 5.81. The first-order valence-corrected chi connectivity index (χ1v) is 9.34. The van der Waals surface area contributed by atoms with Gasteiger partial charge in [0.1, 0.15) is 0 Å². The average molecular weight is 352 g/mol. The lowest BCUT2D eigenvalue weighted by atomic mass is 9.93. The van der Waals surface area contributed by atoms with Crippen LogP contribution in [0.5, 0.6) is 5.06 Å². The molecule has 1 aromatic carbocycles. The molecule has 1 fully saturated rings. The lowest BCUT2D eigenvalue weighted by Gasteiger charge is -2.32. The summed E-state index contributed by atoms with van der Waals surface area (Å²) < 4.78 is 5.20. The molecule has 0 unspecified atom stereocenters. The van der Waals surface area contributed by atoms with Crippen molar-refractivity contribution < 1.29 is 9.53 Å². The highest BCUT2D eigenvalue weighted by Gasteiger charge is 2.27. The van der Waals surface area contributed by atoms with E-state index in [4.69, 9.17) is 4.74 Å². The number of methoxy groups -OCH3 is 1. The summed E-state index contributed by atoms with van der Waals surface area (Å²) in [6, 6.07) is 14.1. The monoisotopic (exact) mass is 352 g/mol. The van der Waals surface area contributed by atoms with Crippen molar-refractivity contribution in [2.75, 3.05) is 20.2 Å². The fraction of sp³-hybridized carbons (Fsp3) is 0.300. The number of ether oxygens (including phenoxy) is 1. The molecule has 0 radical (unpaired) electrons. The van der Waals surface area contributed by atoms with Crippen molar-refractivity contribution >= 4 is 28.0 Å². The van der Waals surface area contributed by atoms with Crippen LogP contribution in [0.15, 0.2) is 48.7 Å². The number of pyridine rings is 1.